The number of sulfonamides is 1. The minimum atomic E-state index is -3.93. The number of methoxy groups -OCH3 is 1. The van der Waals surface area contributed by atoms with Gasteiger partial charge in [0, 0.05) is 24.9 Å². The van der Waals surface area contributed by atoms with Gasteiger partial charge in [0.25, 0.3) is 0 Å². The van der Waals surface area contributed by atoms with Gasteiger partial charge in [0.15, 0.2) is 12.6 Å². The van der Waals surface area contributed by atoms with Crippen molar-refractivity contribution in [2.45, 2.75) is 62.8 Å². The fourth-order valence-electron chi connectivity index (χ4n) is 6.16. The number of nitrogens with zero attached hydrogens (tertiary/aromatic N) is 1. The standard InChI is InChI=1S/C31H41NO9S/c1-20(2)17-32(42(35,36)24-11-9-23(37-3)10-12-24)18-26(33)22(15-21-7-5-4-6-8-21)16-28(34)40-27-19-39-31-29(27)25-13-14-38-30(25)41-31/h4-12,20,22,25-27,29-31,33H,13-19H2,1-3H3/t22-,25+,26-,27-,29-,30-,31-/m1/s1. The largest absolute Gasteiger partial charge is 0.497 e. The molecule has 0 bridgehead atoms. The topological polar surface area (TPSA) is 121 Å². The number of carbonyl (C=O) groups excluding carboxylic acids is 1. The van der Waals surface area contributed by atoms with Crippen LogP contribution >= 0.6 is 0 Å². The molecular weight excluding hydrogens is 562 g/mol. The zero-order valence-electron chi connectivity index (χ0n) is 24.3. The molecule has 7 atom stereocenters. The number of ether oxygens (including phenoxy) is 5. The Balaban J connectivity index is 1.31. The van der Waals surface area contributed by atoms with Crippen molar-refractivity contribution in [2.75, 3.05) is 33.4 Å². The highest BCUT2D eigenvalue weighted by Gasteiger charge is 2.56. The number of esters is 1. The summed E-state index contributed by atoms with van der Waals surface area (Å²) in [5.41, 5.74) is 0.933. The van der Waals surface area contributed by atoms with Crippen molar-refractivity contribution in [3.05, 3.63) is 60.2 Å². The number of hydrogen-bond acceptors (Lipinski definition) is 9. The van der Waals surface area contributed by atoms with Gasteiger partial charge in [-0.05, 0) is 48.6 Å². The summed E-state index contributed by atoms with van der Waals surface area (Å²) in [7, 11) is -2.41. The van der Waals surface area contributed by atoms with E-state index in [4.69, 9.17) is 23.7 Å². The Bertz CT molecular complexity index is 1290. The fourth-order valence-corrected chi connectivity index (χ4v) is 7.78. The van der Waals surface area contributed by atoms with E-state index in [1.165, 1.54) is 23.5 Å². The summed E-state index contributed by atoms with van der Waals surface area (Å²) in [5, 5.41) is 11.5. The zero-order valence-corrected chi connectivity index (χ0v) is 25.1. The Hall–Kier alpha value is -2.54. The van der Waals surface area contributed by atoms with E-state index in [-0.39, 0.29) is 55.1 Å². The molecule has 0 saturated carbocycles. The van der Waals surface area contributed by atoms with Crippen molar-refractivity contribution in [2.24, 2.45) is 23.7 Å². The first-order valence-electron chi connectivity index (χ1n) is 14.6. The Labute approximate surface area is 247 Å². The summed E-state index contributed by atoms with van der Waals surface area (Å²) < 4.78 is 57.0. The molecule has 2 aromatic rings. The average Bonchev–Trinajstić information content (AvgIpc) is 3.66. The molecule has 0 spiro atoms. The van der Waals surface area contributed by atoms with Gasteiger partial charge in [-0.2, -0.15) is 4.31 Å². The van der Waals surface area contributed by atoms with Crippen molar-refractivity contribution in [1.82, 2.24) is 4.31 Å². The van der Waals surface area contributed by atoms with Crippen LogP contribution in [0.2, 0.25) is 0 Å². The minimum Gasteiger partial charge on any atom is -0.497 e. The van der Waals surface area contributed by atoms with Crippen LogP contribution in [0.25, 0.3) is 0 Å². The van der Waals surface area contributed by atoms with Gasteiger partial charge < -0.3 is 28.8 Å². The number of carbonyl (C=O) groups is 1. The second kappa shape index (κ2) is 13.4. The number of rotatable bonds is 13. The molecule has 0 amide bonds. The van der Waals surface area contributed by atoms with Crippen molar-refractivity contribution >= 4 is 16.0 Å². The summed E-state index contributed by atoms with van der Waals surface area (Å²) in [4.78, 5) is 13.4. The van der Waals surface area contributed by atoms with Gasteiger partial charge in [-0.25, -0.2) is 8.42 Å². The maximum absolute atomic E-state index is 13.7. The molecule has 0 unspecified atom stereocenters. The Morgan fingerprint density at radius 1 is 1.05 bits per heavy atom. The highest BCUT2D eigenvalue weighted by molar-refractivity contribution is 7.89. The number of benzene rings is 2. The molecule has 3 heterocycles. The minimum absolute atomic E-state index is 0.00935. The van der Waals surface area contributed by atoms with E-state index in [9.17, 15) is 18.3 Å². The molecule has 10 nitrogen and oxygen atoms in total. The maximum Gasteiger partial charge on any atom is 0.306 e. The smallest absolute Gasteiger partial charge is 0.306 e. The van der Waals surface area contributed by atoms with Crippen molar-refractivity contribution in [1.29, 1.82) is 0 Å². The number of aliphatic hydroxyl groups excluding tert-OH is 1. The lowest BCUT2D eigenvalue weighted by Crippen LogP contribution is -2.43. The predicted molar refractivity (Wildman–Crippen MR) is 153 cm³/mol. The first-order chi connectivity index (χ1) is 20.2. The summed E-state index contributed by atoms with van der Waals surface area (Å²) in [6.07, 6.45) is -1.23. The van der Waals surface area contributed by atoms with Gasteiger partial charge >= 0.3 is 5.97 Å². The van der Waals surface area contributed by atoms with Gasteiger partial charge in [0.05, 0.1) is 43.7 Å². The fraction of sp³-hybridized carbons (Fsp3) is 0.581. The van der Waals surface area contributed by atoms with Crippen molar-refractivity contribution in [3.8, 4) is 5.75 Å². The van der Waals surface area contributed by atoms with Gasteiger partial charge in [-0.15, -0.1) is 0 Å². The SMILES string of the molecule is COc1ccc(S(=O)(=O)N(CC(C)C)C[C@@H](O)[C@@H](CC(=O)O[C@@H]2CO[C@@H]3O[C@H]4OCC[C@H]4[C@@H]32)Cc2ccccc2)cc1. The van der Waals surface area contributed by atoms with Crippen molar-refractivity contribution in [3.63, 3.8) is 0 Å². The van der Waals surface area contributed by atoms with E-state index in [1.54, 1.807) is 12.1 Å². The molecule has 230 valence electrons. The summed E-state index contributed by atoms with van der Waals surface area (Å²) in [6, 6.07) is 15.7. The average molecular weight is 604 g/mol. The van der Waals surface area contributed by atoms with Crippen LogP contribution in [0.5, 0.6) is 5.75 Å². The lowest BCUT2D eigenvalue weighted by atomic mass is 9.88. The molecule has 1 N–H and O–H groups in total. The third-order valence-corrected chi connectivity index (χ3v) is 10.1. The van der Waals surface area contributed by atoms with Crippen LogP contribution in [0.15, 0.2) is 59.5 Å². The van der Waals surface area contributed by atoms with Crippen LogP contribution in [-0.2, 0) is 40.2 Å². The number of hydrogen-bond donors (Lipinski definition) is 1. The van der Waals surface area contributed by atoms with Gasteiger partial charge in [0.2, 0.25) is 10.0 Å². The van der Waals surface area contributed by atoms with Crippen LogP contribution < -0.4 is 4.74 Å². The molecule has 0 aliphatic carbocycles. The van der Waals surface area contributed by atoms with E-state index in [2.05, 4.69) is 0 Å². The van der Waals surface area contributed by atoms with Gasteiger partial charge in [-0.3, -0.25) is 4.79 Å². The predicted octanol–water partition coefficient (Wildman–Crippen LogP) is 3.23. The van der Waals surface area contributed by atoms with Crippen LogP contribution in [0.1, 0.15) is 32.3 Å². The van der Waals surface area contributed by atoms with Gasteiger partial charge in [0.1, 0.15) is 11.9 Å². The molecule has 3 aliphatic heterocycles. The van der Waals surface area contributed by atoms with Crippen molar-refractivity contribution < 1.29 is 42.0 Å². The Morgan fingerprint density at radius 2 is 1.79 bits per heavy atom. The molecule has 3 saturated heterocycles. The maximum atomic E-state index is 13.7. The van der Waals surface area contributed by atoms with Crippen LogP contribution in [0, 0.1) is 23.7 Å². The van der Waals surface area contributed by atoms with E-state index >= 15 is 0 Å². The summed E-state index contributed by atoms with van der Waals surface area (Å²) in [6.45, 7) is 4.75. The second-order valence-electron chi connectivity index (χ2n) is 11.7. The summed E-state index contributed by atoms with van der Waals surface area (Å²) in [5.74, 6) is -0.454. The molecule has 11 heteroatoms. The van der Waals surface area contributed by atoms with Gasteiger partial charge in [-0.1, -0.05) is 44.2 Å². The van der Waals surface area contributed by atoms with E-state index in [0.717, 1.165) is 12.0 Å². The van der Waals surface area contributed by atoms with E-state index in [0.29, 0.717) is 18.8 Å². The summed E-state index contributed by atoms with van der Waals surface area (Å²) >= 11 is 0. The molecule has 0 radical (unpaired) electrons. The molecular formula is C31H41NO9S. The Kier molecular flexibility index (Phi) is 9.86. The lowest BCUT2D eigenvalue weighted by molar-refractivity contribution is -0.189. The molecule has 3 aliphatic rings. The molecule has 5 rings (SSSR count). The van der Waals surface area contributed by atoms with E-state index < -0.39 is 40.4 Å². The first-order valence-corrected chi connectivity index (χ1v) is 16.0. The van der Waals surface area contributed by atoms with Crippen LogP contribution in [0.3, 0.4) is 0 Å². The van der Waals surface area contributed by atoms with Crippen LogP contribution in [-0.4, -0.2) is 82.0 Å². The third-order valence-electron chi connectivity index (χ3n) is 8.27. The zero-order chi connectivity index (χ0) is 29.9. The molecule has 0 aromatic heterocycles. The molecule has 2 aromatic carbocycles. The second-order valence-corrected chi connectivity index (χ2v) is 13.7. The Morgan fingerprint density at radius 3 is 2.48 bits per heavy atom. The lowest BCUT2D eigenvalue weighted by Gasteiger charge is -2.30. The van der Waals surface area contributed by atoms with E-state index in [1.807, 2.05) is 44.2 Å². The third kappa shape index (κ3) is 6.98. The number of fused-ring (bicyclic) bond motifs is 3. The highest BCUT2D eigenvalue weighted by atomic mass is 32.2. The highest BCUT2D eigenvalue weighted by Crippen LogP contribution is 2.46. The normalized spacial score (nSPS) is 26.7. The molecule has 42 heavy (non-hydrogen) atoms. The quantitative estimate of drug-likeness (QED) is 0.344. The first kappa shape index (κ1) is 30.9. The number of aliphatic hydroxyl groups is 1. The molecule has 3 fully saturated rings. The monoisotopic (exact) mass is 603 g/mol. The van der Waals surface area contributed by atoms with Crippen LogP contribution in [0.4, 0.5) is 0 Å².